The topological polar surface area (TPSA) is 94.8 Å². The van der Waals surface area contributed by atoms with E-state index in [0.717, 1.165) is 29.5 Å². The van der Waals surface area contributed by atoms with Crippen molar-refractivity contribution >= 4 is 34.6 Å². The number of carbonyl (C=O) groups excluding carboxylic acids is 2. The highest BCUT2D eigenvalue weighted by Gasteiger charge is 2.25. The molecule has 8 heteroatoms. The maximum Gasteiger partial charge on any atom is 0.408 e. The standard InChI is InChI=1S/C30H28ClNO6/c1-2-3-14-22-16-28(33)37-26-18-27(24(31)17-23(22)26)38-29(34)25(15-20-10-6-4-7-11-20)32-30(35)36-19-21-12-8-5-9-13-21/h4-13,16-18,25H,2-3,14-15,19H2,1H3,(H,32,35). The molecule has 1 atom stereocenters. The molecule has 0 aliphatic carbocycles. The molecular weight excluding hydrogens is 506 g/mol. The first-order chi connectivity index (χ1) is 18.4. The van der Waals surface area contributed by atoms with Crippen LogP contribution in [0.25, 0.3) is 11.0 Å². The summed E-state index contributed by atoms with van der Waals surface area (Å²) in [6.07, 6.45) is 1.97. The summed E-state index contributed by atoms with van der Waals surface area (Å²) in [7, 11) is 0. The molecule has 0 aliphatic rings. The smallest absolute Gasteiger partial charge is 0.408 e. The predicted molar refractivity (Wildman–Crippen MR) is 145 cm³/mol. The lowest BCUT2D eigenvalue weighted by molar-refractivity contribution is -0.136. The van der Waals surface area contributed by atoms with Crippen LogP contribution in [0, 0.1) is 0 Å². The van der Waals surface area contributed by atoms with Gasteiger partial charge in [-0.1, -0.05) is 85.6 Å². The van der Waals surface area contributed by atoms with Crippen LogP contribution in [0.5, 0.6) is 5.75 Å². The number of unbranched alkanes of at least 4 members (excludes halogenated alkanes) is 1. The number of aryl methyl sites for hydroxylation is 1. The van der Waals surface area contributed by atoms with E-state index in [-0.39, 0.29) is 29.4 Å². The van der Waals surface area contributed by atoms with Crippen molar-refractivity contribution in [2.45, 2.75) is 45.3 Å². The molecule has 1 unspecified atom stereocenters. The molecule has 0 spiro atoms. The summed E-state index contributed by atoms with van der Waals surface area (Å²) in [6, 6.07) is 21.9. The van der Waals surface area contributed by atoms with Gasteiger partial charge in [-0.25, -0.2) is 14.4 Å². The molecular formula is C30H28ClNO6. The average molecular weight is 534 g/mol. The summed E-state index contributed by atoms with van der Waals surface area (Å²) in [6.45, 7) is 2.12. The molecule has 0 saturated carbocycles. The van der Waals surface area contributed by atoms with Gasteiger partial charge in [0.2, 0.25) is 0 Å². The van der Waals surface area contributed by atoms with Gasteiger partial charge in [-0.3, -0.25) is 0 Å². The molecule has 0 aliphatic heterocycles. The van der Waals surface area contributed by atoms with Gasteiger partial charge >= 0.3 is 17.7 Å². The minimum atomic E-state index is -1.06. The Labute approximate surface area is 225 Å². The number of ether oxygens (including phenoxy) is 2. The third-order valence-corrected chi connectivity index (χ3v) is 6.26. The third kappa shape index (κ3) is 7.23. The van der Waals surface area contributed by atoms with E-state index >= 15 is 0 Å². The van der Waals surface area contributed by atoms with Gasteiger partial charge in [0.15, 0.2) is 5.75 Å². The second-order valence-electron chi connectivity index (χ2n) is 8.84. The lowest BCUT2D eigenvalue weighted by atomic mass is 10.0. The Balaban J connectivity index is 1.54. The van der Waals surface area contributed by atoms with Gasteiger partial charge in [0.25, 0.3) is 0 Å². The predicted octanol–water partition coefficient (Wildman–Crippen LogP) is 6.23. The van der Waals surface area contributed by atoms with Gasteiger partial charge < -0.3 is 19.2 Å². The van der Waals surface area contributed by atoms with Gasteiger partial charge in [0.05, 0.1) is 5.02 Å². The molecule has 1 aromatic heterocycles. The lowest BCUT2D eigenvalue weighted by Gasteiger charge is -2.18. The van der Waals surface area contributed by atoms with Crippen molar-refractivity contribution in [1.82, 2.24) is 5.32 Å². The third-order valence-electron chi connectivity index (χ3n) is 5.96. The number of benzene rings is 3. The fraction of sp³-hybridized carbons (Fsp3) is 0.233. The van der Waals surface area contributed by atoms with Crippen molar-refractivity contribution < 1.29 is 23.5 Å². The summed E-state index contributed by atoms with van der Waals surface area (Å²) >= 11 is 6.47. The van der Waals surface area contributed by atoms with Crippen LogP contribution in [-0.2, 0) is 29.0 Å². The molecule has 1 heterocycles. The quantitative estimate of drug-likeness (QED) is 0.147. The highest BCUT2D eigenvalue weighted by Crippen LogP contribution is 2.32. The van der Waals surface area contributed by atoms with Gasteiger partial charge in [-0.15, -0.1) is 0 Å². The number of hydrogen-bond donors (Lipinski definition) is 1. The Morgan fingerprint density at radius 1 is 0.974 bits per heavy atom. The van der Waals surface area contributed by atoms with Gasteiger partial charge in [-0.2, -0.15) is 0 Å². The van der Waals surface area contributed by atoms with E-state index < -0.39 is 23.7 Å². The van der Waals surface area contributed by atoms with Crippen molar-refractivity contribution in [3.8, 4) is 5.75 Å². The van der Waals surface area contributed by atoms with E-state index in [4.69, 9.17) is 25.5 Å². The molecule has 3 aromatic carbocycles. The molecule has 4 rings (SSSR count). The Bertz CT molecular complexity index is 1450. The summed E-state index contributed by atoms with van der Waals surface area (Å²) in [5.41, 5.74) is 2.22. The highest BCUT2D eigenvalue weighted by molar-refractivity contribution is 6.33. The zero-order valence-corrected chi connectivity index (χ0v) is 21.7. The second-order valence-corrected chi connectivity index (χ2v) is 9.25. The zero-order valence-electron chi connectivity index (χ0n) is 20.9. The van der Waals surface area contributed by atoms with Crippen LogP contribution < -0.4 is 15.7 Å². The van der Waals surface area contributed by atoms with Crippen LogP contribution in [0.15, 0.2) is 88.1 Å². The first-order valence-electron chi connectivity index (χ1n) is 12.4. The zero-order chi connectivity index (χ0) is 26.9. The van der Waals surface area contributed by atoms with Gasteiger partial charge in [0.1, 0.15) is 18.2 Å². The number of fused-ring (bicyclic) bond motifs is 1. The molecule has 0 fully saturated rings. The molecule has 4 aromatic rings. The SMILES string of the molecule is CCCCc1cc(=O)oc2cc(OC(=O)C(Cc3ccccc3)NC(=O)OCc3ccccc3)c(Cl)cc12. The number of alkyl carbamates (subject to hydrolysis) is 1. The maximum atomic E-state index is 13.2. The molecule has 1 amide bonds. The van der Waals surface area contributed by atoms with E-state index in [2.05, 4.69) is 12.2 Å². The summed E-state index contributed by atoms with van der Waals surface area (Å²) in [4.78, 5) is 37.9. The monoisotopic (exact) mass is 533 g/mol. The number of hydrogen-bond acceptors (Lipinski definition) is 6. The minimum Gasteiger partial charge on any atom is -0.445 e. The summed E-state index contributed by atoms with van der Waals surface area (Å²) < 4.78 is 16.3. The van der Waals surface area contributed by atoms with E-state index in [1.165, 1.54) is 12.1 Å². The van der Waals surface area contributed by atoms with E-state index in [1.807, 2.05) is 60.7 Å². The molecule has 38 heavy (non-hydrogen) atoms. The average Bonchev–Trinajstić information content (AvgIpc) is 2.92. The first kappa shape index (κ1) is 26.9. The number of halogens is 1. The van der Waals surface area contributed by atoms with Crippen molar-refractivity contribution in [3.05, 3.63) is 111 Å². The van der Waals surface area contributed by atoms with Gasteiger partial charge in [0, 0.05) is 23.9 Å². The molecule has 7 nitrogen and oxygen atoms in total. The van der Waals surface area contributed by atoms with Crippen LogP contribution in [0.3, 0.4) is 0 Å². The van der Waals surface area contributed by atoms with Crippen molar-refractivity contribution in [1.29, 1.82) is 0 Å². The van der Waals surface area contributed by atoms with Crippen molar-refractivity contribution in [3.63, 3.8) is 0 Å². The highest BCUT2D eigenvalue weighted by atomic mass is 35.5. The van der Waals surface area contributed by atoms with Gasteiger partial charge in [-0.05, 0) is 35.6 Å². The molecule has 1 N–H and O–H groups in total. The Kier molecular flexibility index (Phi) is 9.16. The number of carbonyl (C=O) groups is 2. The number of amides is 1. The number of nitrogens with one attached hydrogen (secondary N) is 1. The lowest BCUT2D eigenvalue weighted by Crippen LogP contribution is -2.44. The van der Waals surface area contributed by atoms with E-state index in [1.54, 1.807) is 6.07 Å². The summed E-state index contributed by atoms with van der Waals surface area (Å²) in [5.74, 6) is -0.714. The van der Waals surface area contributed by atoms with Crippen molar-refractivity contribution in [2.75, 3.05) is 0 Å². The van der Waals surface area contributed by atoms with Crippen molar-refractivity contribution in [2.24, 2.45) is 0 Å². The minimum absolute atomic E-state index is 0.0254. The van der Waals surface area contributed by atoms with Crippen LogP contribution in [0.2, 0.25) is 5.02 Å². The Morgan fingerprint density at radius 2 is 1.66 bits per heavy atom. The Hall–Kier alpha value is -4.10. The van der Waals surface area contributed by atoms with Crippen LogP contribution in [0.1, 0.15) is 36.5 Å². The second kappa shape index (κ2) is 12.9. The normalized spacial score (nSPS) is 11.6. The van der Waals surface area contributed by atoms with Crippen LogP contribution in [-0.4, -0.2) is 18.1 Å². The van der Waals surface area contributed by atoms with E-state index in [0.29, 0.717) is 11.8 Å². The van der Waals surface area contributed by atoms with Crippen LogP contribution >= 0.6 is 11.6 Å². The molecule has 0 bridgehead atoms. The number of rotatable bonds is 10. The van der Waals surface area contributed by atoms with E-state index in [9.17, 15) is 14.4 Å². The Morgan fingerprint density at radius 3 is 2.34 bits per heavy atom. The largest absolute Gasteiger partial charge is 0.445 e. The fourth-order valence-corrected chi connectivity index (χ4v) is 4.21. The summed E-state index contributed by atoms with van der Waals surface area (Å²) in [5, 5.41) is 3.47. The maximum absolute atomic E-state index is 13.2. The first-order valence-corrected chi connectivity index (χ1v) is 12.8. The molecule has 196 valence electrons. The molecule has 0 radical (unpaired) electrons. The molecule has 0 saturated heterocycles. The fourth-order valence-electron chi connectivity index (χ4n) is 4.01. The van der Waals surface area contributed by atoms with Crippen LogP contribution in [0.4, 0.5) is 4.79 Å². The number of esters is 1.